The van der Waals surface area contributed by atoms with Crippen molar-refractivity contribution in [3.8, 4) is 0 Å². The van der Waals surface area contributed by atoms with Crippen LogP contribution in [0.1, 0.15) is 31.1 Å². The van der Waals surface area contributed by atoms with Gasteiger partial charge in [0.1, 0.15) is 0 Å². The summed E-state index contributed by atoms with van der Waals surface area (Å²) in [6, 6.07) is 5.52. The van der Waals surface area contributed by atoms with Gasteiger partial charge in [-0.3, -0.25) is 4.79 Å². The second-order valence-corrected chi connectivity index (χ2v) is 5.55. The molecule has 1 aromatic carbocycles. The lowest BCUT2D eigenvalue weighted by Gasteiger charge is -2.28. The zero-order valence-electron chi connectivity index (χ0n) is 10.7. The van der Waals surface area contributed by atoms with Crippen LogP contribution in [0.5, 0.6) is 0 Å². The van der Waals surface area contributed by atoms with Crippen molar-refractivity contribution in [2.45, 2.75) is 26.8 Å². The van der Waals surface area contributed by atoms with E-state index in [-0.39, 0.29) is 11.9 Å². The molecule has 1 amide bonds. The molecule has 0 saturated carbocycles. The highest BCUT2D eigenvalue weighted by Gasteiger charge is 2.21. The van der Waals surface area contributed by atoms with Gasteiger partial charge in [-0.05, 0) is 31.0 Å². The van der Waals surface area contributed by atoms with Crippen LogP contribution >= 0.6 is 15.9 Å². The van der Waals surface area contributed by atoms with E-state index in [1.807, 2.05) is 20.0 Å². The number of carbonyl (C=O) groups excluding carboxylic acids is 1. The maximum Gasteiger partial charge on any atom is 0.255 e. The summed E-state index contributed by atoms with van der Waals surface area (Å²) in [5.41, 5.74) is 6.90. The fourth-order valence-electron chi connectivity index (χ4n) is 1.54. The van der Waals surface area contributed by atoms with E-state index in [2.05, 4.69) is 29.8 Å². The number of halogens is 1. The summed E-state index contributed by atoms with van der Waals surface area (Å²) in [4.78, 5) is 14.0. The van der Waals surface area contributed by atoms with Crippen LogP contribution in [0.2, 0.25) is 0 Å². The van der Waals surface area contributed by atoms with Crippen LogP contribution in [0.4, 0.5) is 5.69 Å². The van der Waals surface area contributed by atoms with Crippen molar-refractivity contribution in [3.05, 3.63) is 28.2 Å². The lowest BCUT2D eigenvalue weighted by Crippen LogP contribution is -2.38. The molecule has 0 fully saturated rings. The van der Waals surface area contributed by atoms with Gasteiger partial charge >= 0.3 is 0 Å². The molecule has 0 aromatic heterocycles. The van der Waals surface area contributed by atoms with Crippen LogP contribution in [0, 0.1) is 5.92 Å². The Labute approximate surface area is 111 Å². The SMILES string of the molecule is CC(C)C(C)N(C)C(=O)c1cc(Br)ccc1N. The lowest BCUT2D eigenvalue weighted by molar-refractivity contribution is 0.0708. The zero-order valence-corrected chi connectivity index (χ0v) is 12.3. The van der Waals surface area contributed by atoms with Gasteiger partial charge in [-0.1, -0.05) is 29.8 Å². The topological polar surface area (TPSA) is 46.3 Å². The fourth-order valence-corrected chi connectivity index (χ4v) is 1.90. The summed E-state index contributed by atoms with van der Waals surface area (Å²) >= 11 is 3.35. The predicted molar refractivity (Wildman–Crippen MR) is 74.9 cm³/mol. The first-order valence-corrected chi connectivity index (χ1v) is 6.46. The van der Waals surface area contributed by atoms with Crippen molar-refractivity contribution < 1.29 is 4.79 Å². The zero-order chi connectivity index (χ0) is 13.2. The van der Waals surface area contributed by atoms with Gasteiger partial charge in [-0.25, -0.2) is 0 Å². The minimum absolute atomic E-state index is 0.0370. The monoisotopic (exact) mass is 298 g/mol. The van der Waals surface area contributed by atoms with Gasteiger partial charge < -0.3 is 10.6 Å². The number of nitrogens with two attached hydrogens (primary N) is 1. The van der Waals surface area contributed by atoms with Gasteiger partial charge in [-0.15, -0.1) is 0 Å². The molecule has 17 heavy (non-hydrogen) atoms. The number of rotatable bonds is 3. The molecule has 0 spiro atoms. The standard InChI is InChI=1S/C13H19BrN2O/c1-8(2)9(3)16(4)13(17)11-7-10(14)5-6-12(11)15/h5-9H,15H2,1-4H3. The third kappa shape index (κ3) is 3.22. The summed E-state index contributed by atoms with van der Waals surface area (Å²) in [5, 5.41) is 0. The third-order valence-electron chi connectivity index (χ3n) is 3.14. The molecule has 0 heterocycles. The summed E-state index contributed by atoms with van der Waals surface area (Å²) < 4.78 is 0.862. The lowest BCUT2D eigenvalue weighted by atomic mass is 10.0. The molecule has 0 radical (unpaired) electrons. The van der Waals surface area contributed by atoms with Gasteiger partial charge in [0.25, 0.3) is 5.91 Å². The predicted octanol–water partition coefficient (Wildman–Crippen LogP) is 3.15. The summed E-state index contributed by atoms with van der Waals surface area (Å²) in [6.07, 6.45) is 0. The number of anilines is 1. The van der Waals surface area contributed by atoms with Crippen molar-refractivity contribution >= 4 is 27.5 Å². The average molecular weight is 299 g/mol. The maximum absolute atomic E-state index is 12.3. The number of benzene rings is 1. The second-order valence-electron chi connectivity index (χ2n) is 4.63. The Morgan fingerprint density at radius 2 is 1.94 bits per heavy atom. The van der Waals surface area contributed by atoms with Crippen LogP contribution in [0.15, 0.2) is 22.7 Å². The highest BCUT2D eigenvalue weighted by atomic mass is 79.9. The quantitative estimate of drug-likeness (QED) is 0.872. The number of nitrogen functional groups attached to an aromatic ring is 1. The molecule has 1 atom stereocenters. The molecule has 0 saturated heterocycles. The van der Waals surface area contributed by atoms with Crippen LogP contribution in [-0.4, -0.2) is 23.9 Å². The number of nitrogens with zero attached hydrogens (tertiary/aromatic N) is 1. The third-order valence-corrected chi connectivity index (χ3v) is 3.64. The Morgan fingerprint density at radius 3 is 2.47 bits per heavy atom. The van der Waals surface area contributed by atoms with Crippen molar-refractivity contribution in [2.24, 2.45) is 5.92 Å². The molecule has 3 nitrogen and oxygen atoms in total. The van der Waals surface area contributed by atoms with Crippen molar-refractivity contribution in [2.75, 3.05) is 12.8 Å². The van der Waals surface area contributed by atoms with E-state index in [0.29, 0.717) is 17.2 Å². The van der Waals surface area contributed by atoms with E-state index in [0.717, 1.165) is 4.47 Å². The first-order chi connectivity index (χ1) is 7.84. The number of carbonyl (C=O) groups is 1. The number of hydrogen-bond donors (Lipinski definition) is 1. The van der Waals surface area contributed by atoms with E-state index in [1.165, 1.54) is 0 Å². The van der Waals surface area contributed by atoms with E-state index in [1.54, 1.807) is 17.0 Å². The van der Waals surface area contributed by atoms with E-state index in [4.69, 9.17) is 5.73 Å². The Kier molecular flexibility index (Phi) is 4.57. The minimum atomic E-state index is -0.0370. The van der Waals surface area contributed by atoms with Crippen LogP contribution in [0.3, 0.4) is 0 Å². The average Bonchev–Trinajstić information content (AvgIpc) is 2.29. The van der Waals surface area contributed by atoms with E-state index >= 15 is 0 Å². The molecule has 0 aliphatic carbocycles. The molecule has 1 rings (SSSR count). The maximum atomic E-state index is 12.3. The highest BCUT2D eigenvalue weighted by Crippen LogP contribution is 2.21. The Balaban J connectivity index is 3.00. The molecule has 0 aliphatic heterocycles. The van der Waals surface area contributed by atoms with Crippen LogP contribution in [-0.2, 0) is 0 Å². The van der Waals surface area contributed by atoms with Crippen molar-refractivity contribution in [3.63, 3.8) is 0 Å². The largest absolute Gasteiger partial charge is 0.398 e. The van der Waals surface area contributed by atoms with Gasteiger partial charge in [-0.2, -0.15) is 0 Å². The number of hydrogen-bond acceptors (Lipinski definition) is 2. The van der Waals surface area contributed by atoms with Crippen molar-refractivity contribution in [1.29, 1.82) is 0 Å². The molecule has 1 aromatic rings. The molecule has 94 valence electrons. The van der Waals surface area contributed by atoms with Gasteiger partial charge in [0.05, 0.1) is 5.56 Å². The smallest absolute Gasteiger partial charge is 0.255 e. The van der Waals surface area contributed by atoms with E-state index < -0.39 is 0 Å². The van der Waals surface area contributed by atoms with E-state index in [9.17, 15) is 4.79 Å². The summed E-state index contributed by atoms with van der Waals surface area (Å²) in [7, 11) is 1.81. The molecular formula is C13H19BrN2O. The molecule has 2 N–H and O–H groups in total. The minimum Gasteiger partial charge on any atom is -0.398 e. The number of amides is 1. The molecule has 0 bridgehead atoms. The fraction of sp³-hybridized carbons (Fsp3) is 0.462. The highest BCUT2D eigenvalue weighted by molar-refractivity contribution is 9.10. The summed E-state index contributed by atoms with van der Waals surface area (Å²) in [6.45, 7) is 6.23. The normalized spacial score (nSPS) is 12.6. The second kappa shape index (κ2) is 5.54. The first-order valence-electron chi connectivity index (χ1n) is 5.66. The van der Waals surface area contributed by atoms with Gasteiger partial charge in [0.2, 0.25) is 0 Å². The van der Waals surface area contributed by atoms with Crippen molar-refractivity contribution in [1.82, 2.24) is 4.90 Å². The van der Waals surface area contributed by atoms with Gasteiger partial charge in [0.15, 0.2) is 0 Å². The van der Waals surface area contributed by atoms with Crippen LogP contribution in [0.25, 0.3) is 0 Å². The summed E-state index contributed by atoms with van der Waals surface area (Å²) in [5.74, 6) is 0.377. The Morgan fingerprint density at radius 1 is 1.35 bits per heavy atom. The Hall–Kier alpha value is -1.03. The Bertz CT molecular complexity index is 418. The van der Waals surface area contributed by atoms with Gasteiger partial charge in [0, 0.05) is 23.2 Å². The molecule has 4 heteroatoms. The molecule has 0 aliphatic rings. The first kappa shape index (κ1) is 14.0. The van der Waals surface area contributed by atoms with Crippen LogP contribution < -0.4 is 5.73 Å². The molecular weight excluding hydrogens is 280 g/mol. The molecule has 1 unspecified atom stereocenters.